The first kappa shape index (κ1) is 29.1. The smallest absolute Gasteiger partial charge is 0.145 e. The molecule has 8 aromatic carbocycles. The normalized spacial score (nSPS) is 11.5. The first-order valence-corrected chi connectivity index (χ1v) is 17.4. The molecule has 0 fully saturated rings. The Morgan fingerprint density at radius 2 is 0.941 bits per heavy atom. The molecule has 0 atom stereocenters. The Bertz CT molecular complexity index is 2780. The highest BCUT2D eigenvalue weighted by Crippen LogP contribution is 2.46. The average Bonchev–Trinajstić information content (AvgIpc) is 3.75. The molecule has 0 aliphatic heterocycles. The van der Waals surface area contributed by atoms with E-state index in [1.54, 1.807) is 0 Å². The molecule has 0 saturated heterocycles. The molecule has 3 heteroatoms. The van der Waals surface area contributed by atoms with Gasteiger partial charge in [0.2, 0.25) is 0 Å². The Balaban J connectivity index is 1.23. The number of hydrogen-bond donors (Lipinski definition) is 0. The Hall–Kier alpha value is -6.84. The predicted octanol–water partition coefficient (Wildman–Crippen LogP) is 13.5. The average molecular weight is 653 g/mol. The summed E-state index contributed by atoms with van der Waals surface area (Å²) < 4.78 is 9.13. The van der Waals surface area contributed by atoms with Gasteiger partial charge in [0, 0.05) is 44.5 Å². The van der Waals surface area contributed by atoms with Crippen molar-refractivity contribution in [3.8, 4) is 27.9 Å². The fourth-order valence-corrected chi connectivity index (χ4v) is 7.65. The molecule has 0 radical (unpaired) electrons. The molecule has 0 unspecified atom stereocenters. The van der Waals surface area contributed by atoms with Crippen molar-refractivity contribution < 1.29 is 4.42 Å². The van der Waals surface area contributed by atoms with Crippen molar-refractivity contribution in [1.29, 1.82) is 0 Å². The topological polar surface area (TPSA) is 21.3 Å². The van der Waals surface area contributed by atoms with Crippen LogP contribution in [0.15, 0.2) is 199 Å². The second kappa shape index (κ2) is 11.9. The van der Waals surface area contributed by atoms with Crippen LogP contribution in [0.3, 0.4) is 0 Å². The summed E-state index contributed by atoms with van der Waals surface area (Å²) in [6, 6.07) is 69.0. The molecular weight excluding hydrogens is 621 g/mol. The molecular formula is C48H32N2O. The maximum atomic E-state index is 6.72. The SMILES string of the molecule is c1ccc(-c2ccc(-n3c4ccccc4c4c5oc6ccccc6c5cc(-c5ccc(N(c6ccccc6)c6ccccc6)cc5)c43)cc2)cc1. The van der Waals surface area contributed by atoms with Crippen molar-refractivity contribution in [2.45, 2.75) is 0 Å². The van der Waals surface area contributed by atoms with E-state index in [4.69, 9.17) is 4.42 Å². The van der Waals surface area contributed by atoms with E-state index >= 15 is 0 Å². The van der Waals surface area contributed by atoms with E-state index in [9.17, 15) is 0 Å². The number of furan rings is 1. The van der Waals surface area contributed by atoms with Gasteiger partial charge in [0.25, 0.3) is 0 Å². The van der Waals surface area contributed by atoms with E-state index in [1.165, 1.54) is 16.5 Å². The van der Waals surface area contributed by atoms with Crippen LogP contribution in [-0.2, 0) is 0 Å². The molecule has 0 bridgehead atoms. The van der Waals surface area contributed by atoms with Gasteiger partial charge in [0.05, 0.1) is 16.4 Å². The van der Waals surface area contributed by atoms with Gasteiger partial charge >= 0.3 is 0 Å². The van der Waals surface area contributed by atoms with Crippen LogP contribution < -0.4 is 4.90 Å². The number of fused-ring (bicyclic) bond motifs is 7. The Morgan fingerprint density at radius 1 is 0.412 bits per heavy atom. The quantitative estimate of drug-likeness (QED) is 0.178. The summed E-state index contributed by atoms with van der Waals surface area (Å²) in [5, 5.41) is 4.53. The number of nitrogens with zero attached hydrogens (tertiary/aromatic N) is 2. The standard InChI is InChI=1S/C48H32N2O/c1-4-14-33(15-5-1)34-24-28-39(29-25-34)50-44-22-12-10-21-41(44)46-47(50)42(32-43-40-20-11-13-23-45(40)51-48(43)46)35-26-30-38(31-27-35)49(36-16-6-2-7-17-36)37-18-8-3-9-19-37/h1-32H. The van der Waals surface area contributed by atoms with Crippen molar-refractivity contribution in [2.24, 2.45) is 0 Å². The van der Waals surface area contributed by atoms with Crippen molar-refractivity contribution in [3.63, 3.8) is 0 Å². The van der Waals surface area contributed by atoms with Gasteiger partial charge in [-0.15, -0.1) is 0 Å². The summed E-state index contributed by atoms with van der Waals surface area (Å²) in [6.45, 7) is 0. The molecule has 0 aliphatic rings. The van der Waals surface area contributed by atoms with Crippen LogP contribution in [0.25, 0.3) is 71.7 Å². The summed E-state index contributed by atoms with van der Waals surface area (Å²) in [7, 11) is 0. The van der Waals surface area contributed by atoms with Crippen molar-refractivity contribution in [3.05, 3.63) is 194 Å². The molecule has 2 aromatic heterocycles. The highest BCUT2D eigenvalue weighted by Gasteiger charge is 2.23. The van der Waals surface area contributed by atoms with E-state index in [1.807, 2.05) is 6.07 Å². The van der Waals surface area contributed by atoms with E-state index < -0.39 is 0 Å². The summed E-state index contributed by atoms with van der Waals surface area (Å²) in [4.78, 5) is 2.30. The van der Waals surface area contributed by atoms with Crippen LogP contribution in [0, 0.1) is 0 Å². The molecule has 3 nitrogen and oxygen atoms in total. The van der Waals surface area contributed by atoms with Gasteiger partial charge in [-0.25, -0.2) is 0 Å². The number of para-hydroxylation sites is 4. The Labute approximate surface area is 295 Å². The molecule has 10 aromatic rings. The molecule has 0 saturated carbocycles. The largest absolute Gasteiger partial charge is 0.455 e. The summed E-state index contributed by atoms with van der Waals surface area (Å²) in [5.41, 5.74) is 13.2. The number of hydrogen-bond acceptors (Lipinski definition) is 2. The second-order valence-corrected chi connectivity index (χ2v) is 12.9. The van der Waals surface area contributed by atoms with Crippen LogP contribution in [0.4, 0.5) is 17.1 Å². The third kappa shape index (κ3) is 4.82. The first-order valence-electron chi connectivity index (χ1n) is 17.4. The molecule has 10 rings (SSSR count). The lowest BCUT2D eigenvalue weighted by molar-refractivity contribution is 0.673. The minimum absolute atomic E-state index is 0.895. The highest BCUT2D eigenvalue weighted by atomic mass is 16.3. The zero-order valence-electron chi connectivity index (χ0n) is 27.8. The fraction of sp³-hybridized carbons (Fsp3) is 0. The Kier molecular flexibility index (Phi) is 6.81. The lowest BCUT2D eigenvalue weighted by atomic mass is 9.98. The third-order valence-electron chi connectivity index (χ3n) is 9.98. The van der Waals surface area contributed by atoms with Gasteiger partial charge in [0.15, 0.2) is 0 Å². The minimum Gasteiger partial charge on any atom is -0.455 e. The molecule has 0 spiro atoms. The molecule has 2 heterocycles. The van der Waals surface area contributed by atoms with Crippen molar-refractivity contribution in [2.75, 3.05) is 4.90 Å². The molecule has 0 amide bonds. The highest BCUT2D eigenvalue weighted by molar-refractivity contribution is 6.27. The number of benzene rings is 8. The van der Waals surface area contributed by atoms with Crippen LogP contribution in [0.1, 0.15) is 0 Å². The lowest BCUT2D eigenvalue weighted by Gasteiger charge is -2.25. The lowest BCUT2D eigenvalue weighted by Crippen LogP contribution is -2.09. The van der Waals surface area contributed by atoms with Crippen LogP contribution in [0.2, 0.25) is 0 Å². The second-order valence-electron chi connectivity index (χ2n) is 12.9. The minimum atomic E-state index is 0.895. The first-order chi connectivity index (χ1) is 25.3. The van der Waals surface area contributed by atoms with E-state index in [0.29, 0.717) is 0 Å². The zero-order valence-corrected chi connectivity index (χ0v) is 27.8. The Morgan fingerprint density at radius 3 is 1.63 bits per heavy atom. The van der Waals surface area contributed by atoms with E-state index in [-0.39, 0.29) is 0 Å². The number of anilines is 3. The molecule has 0 N–H and O–H groups in total. The maximum absolute atomic E-state index is 6.72. The zero-order chi connectivity index (χ0) is 33.7. The maximum Gasteiger partial charge on any atom is 0.145 e. The molecule has 0 aliphatic carbocycles. The monoisotopic (exact) mass is 652 g/mol. The van der Waals surface area contributed by atoms with Gasteiger partial charge in [0.1, 0.15) is 11.2 Å². The number of aromatic nitrogens is 1. The van der Waals surface area contributed by atoms with Crippen LogP contribution in [0.5, 0.6) is 0 Å². The van der Waals surface area contributed by atoms with Crippen molar-refractivity contribution >= 4 is 60.8 Å². The van der Waals surface area contributed by atoms with E-state index in [0.717, 1.165) is 72.2 Å². The van der Waals surface area contributed by atoms with Gasteiger partial charge in [-0.3, -0.25) is 0 Å². The van der Waals surface area contributed by atoms with E-state index in [2.05, 4.69) is 198 Å². The van der Waals surface area contributed by atoms with Crippen LogP contribution in [-0.4, -0.2) is 4.57 Å². The van der Waals surface area contributed by atoms with Gasteiger partial charge in [-0.2, -0.15) is 0 Å². The molecule has 51 heavy (non-hydrogen) atoms. The third-order valence-corrected chi connectivity index (χ3v) is 9.98. The van der Waals surface area contributed by atoms with Gasteiger partial charge in [-0.1, -0.05) is 127 Å². The number of rotatable bonds is 6. The fourth-order valence-electron chi connectivity index (χ4n) is 7.65. The summed E-state index contributed by atoms with van der Waals surface area (Å²) in [5.74, 6) is 0. The van der Waals surface area contributed by atoms with Crippen LogP contribution >= 0.6 is 0 Å². The summed E-state index contributed by atoms with van der Waals surface area (Å²) in [6.07, 6.45) is 0. The summed E-state index contributed by atoms with van der Waals surface area (Å²) >= 11 is 0. The molecule has 240 valence electrons. The van der Waals surface area contributed by atoms with Gasteiger partial charge in [-0.05, 0) is 83.4 Å². The predicted molar refractivity (Wildman–Crippen MR) is 214 cm³/mol. The van der Waals surface area contributed by atoms with Gasteiger partial charge < -0.3 is 13.9 Å². The van der Waals surface area contributed by atoms with Crippen molar-refractivity contribution in [1.82, 2.24) is 4.57 Å².